The lowest BCUT2D eigenvalue weighted by Crippen LogP contribution is -2.03. The molecule has 0 atom stereocenters. The van der Waals surface area contributed by atoms with Crippen molar-refractivity contribution >= 4 is 16.7 Å². The molecule has 0 unspecified atom stereocenters. The number of carbonyl (C=O) groups excluding carboxylic acids is 1. The number of aromatic nitrogens is 2. The Morgan fingerprint density at radius 3 is 2.70 bits per heavy atom. The quantitative estimate of drug-likeness (QED) is 0.620. The molecule has 106 valence electrons. The van der Waals surface area contributed by atoms with E-state index in [0.29, 0.717) is 5.56 Å². The Kier molecular flexibility index (Phi) is 4.23. The average molecular weight is 271 g/mol. The van der Waals surface area contributed by atoms with Crippen molar-refractivity contribution in [2.75, 3.05) is 14.1 Å². The van der Waals surface area contributed by atoms with Crippen LogP contribution in [0.1, 0.15) is 29.9 Å². The summed E-state index contributed by atoms with van der Waals surface area (Å²) >= 11 is 0. The number of allylic oxidation sites excluding steroid dienone is 1. The molecule has 0 radical (unpaired) electrons. The summed E-state index contributed by atoms with van der Waals surface area (Å²) in [6.45, 7) is 4.97. The first-order valence-corrected chi connectivity index (χ1v) is 6.95. The third kappa shape index (κ3) is 2.74. The third-order valence-corrected chi connectivity index (χ3v) is 3.27. The van der Waals surface area contributed by atoms with Gasteiger partial charge in [-0.25, -0.2) is 0 Å². The highest BCUT2D eigenvalue weighted by Crippen LogP contribution is 2.21. The Morgan fingerprint density at radius 1 is 1.35 bits per heavy atom. The van der Waals surface area contributed by atoms with Crippen LogP contribution in [0.3, 0.4) is 0 Å². The van der Waals surface area contributed by atoms with Crippen molar-refractivity contribution in [2.24, 2.45) is 0 Å². The summed E-state index contributed by atoms with van der Waals surface area (Å²) in [6.07, 6.45) is 4.26. The van der Waals surface area contributed by atoms with Gasteiger partial charge in [0.1, 0.15) is 0 Å². The predicted molar refractivity (Wildman–Crippen MR) is 81.9 cm³/mol. The molecule has 0 aliphatic rings. The number of ketones is 1. The summed E-state index contributed by atoms with van der Waals surface area (Å²) in [4.78, 5) is 14.0. The molecule has 0 aliphatic heterocycles. The van der Waals surface area contributed by atoms with Crippen LogP contribution in [0, 0.1) is 0 Å². The first-order chi connectivity index (χ1) is 9.56. The number of benzene rings is 1. The zero-order valence-electron chi connectivity index (χ0n) is 12.6. The van der Waals surface area contributed by atoms with E-state index in [-0.39, 0.29) is 5.78 Å². The van der Waals surface area contributed by atoms with Crippen molar-refractivity contribution in [2.45, 2.75) is 26.8 Å². The van der Waals surface area contributed by atoms with E-state index in [0.717, 1.165) is 29.6 Å². The second-order valence-electron chi connectivity index (χ2n) is 4.99. The van der Waals surface area contributed by atoms with Crippen LogP contribution >= 0.6 is 0 Å². The van der Waals surface area contributed by atoms with E-state index in [9.17, 15) is 4.79 Å². The number of hydrogen-bond donors (Lipinski definition) is 0. The molecule has 0 N–H and O–H groups in total. The zero-order chi connectivity index (χ0) is 14.7. The molecule has 0 bridgehead atoms. The Bertz CT molecular complexity index is 653. The van der Waals surface area contributed by atoms with Crippen molar-refractivity contribution in [3.63, 3.8) is 0 Å². The second kappa shape index (κ2) is 5.90. The van der Waals surface area contributed by atoms with Crippen LogP contribution in [-0.2, 0) is 13.0 Å². The normalized spacial score (nSPS) is 11.4. The van der Waals surface area contributed by atoms with Gasteiger partial charge in [0.15, 0.2) is 5.78 Å². The van der Waals surface area contributed by atoms with Crippen LogP contribution in [0.5, 0.6) is 0 Å². The largest absolute Gasteiger partial charge is 0.383 e. The molecule has 2 aromatic rings. The van der Waals surface area contributed by atoms with E-state index in [1.165, 1.54) is 0 Å². The van der Waals surface area contributed by atoms with Crippen LogP contribution in [0.15, 0.2) is 30.5 Å². The first kappa shape index (κ1) is 14.3. The van der Waals surface area contributed by atoms with Crippen LogP contribution < -0.4 is 0 Å². The van der Waals surface area contributed by atoms with Crippen LogP contribution in [0.25, 0.3) is 10.9 Å². The van der Waals surface area contributed by atoms with Crippen molar-refractivity contribution in [3.8, 4) is 0 Å². The molecular formula is C16H21N3O. The fourth-order valence-electron chi connectivity index (χ4n) is 2.21. The van der Waals surface area contributed by atoms with E-state index in [1.807, 2.05) is 41.9 Å². The van der Waals surface area contributed by atoms with Crippen LogP contribution in [0.2, 0.25) is 0 Å². The summed E-state index contributed by atoms with van der Waals surface area (Å²) in [7, 11) is 3.79. The molecule has 0 saturated heterocycles. The van der Waals surface area contributed by atoms with Crippen molar-refractivity contribution < 1.29 is 4.79 Å². The molecule has 1 heterocycles. The van der Waals surface area contributed by atoms with Gasteiger partial charge in [0.25, 0.3) is 0 Å². The van der Waals surface area contributed by atoms with E-state index >= 15 is 0 Å². The van der Waals surface area contributed by atoms with E-state index in [4.69, 9.17) is 0 Å². The monoisotopic (exact) mass is 271 g/mol. The lowest BCUT2D eigenvalue weighted by atomic mass is 10.1. The fourth-order valence-corrected chi connectivity index (χ4v) is 2.21. The van der Waals surface area contributed by atoms with E-state index < -0.39 is 0 Å². The molecule has 4 nitrogen and oxygen atoms in total. The van der Waals surface area contributed by atoms with Crippen LogP contribution in [-0.4, -0.2) is 34.6 Å². The second-order valence-corrected chi connectivity index (χ2v) is 4.99. The maximum absolute atomic E-state index is 12.1. The van der Waals surface area contributed by atoms with Gasteiger partial charge in [0, 0.05) is 43.9 Å². The molecule has 1 aromatic carbocycles. The summed E-state index contributed by atoms with van der Waals surface area (Å²) in [5.41, 5.74) is 2.82. The molecule has 1 aromatic heterocycles. The minimum atomic E-state index is 0.0162. The minimum Gasteiger partial charge on any atom is -0.383 e. The molecule has 2 rings (SSSR count). The number of nitrogens with zero attached hydrogens (tertiary/aromatic N) is 3. The average Bonchev–Trinajstić information content (AvgIpc) is 2.81. The van der Waals surface area contributed by atoms with Crippen molar-refractivity contribution in [1.29, 1.82) is 0 Å². The van der Waals surface area contributed by atoms with Gasteiger partial charge >= 0.3 is 0 Å². The van der Waals surface area contributed by atoms with Crippen molar-refractivity contribution in [3.05, 3.63) is 41.7 Å². The van der Waals surface area contributed by atoms with Gasteiger partial charge in [-0.05, 0) is 19.4 Å². The number of aryl methyl sites for hydroxylation is 2. The predicted octanol–water partition coefficient (Wildman–Crippen LogP) is 2.88. The number of carbonyl (C=O) groups is 1. The molecule has 20 heavy (non-hydrogen) atoms. The fraction of sp³-hybridized carbons (Fsp3) is 0.375. The Morgan fingerprint density at radius 2 is 2.10 bits per heavy atom. The smallest absolute Gasteiger partial charge is 0.187 e. The highest BCUT2D eigenvalue weighted by atomic mass is 16.1. The summed E-state index contributed by atoms with van der Waals surface area (Å²) in [6, 6.07) is 5.82. The van der Waals surface area contributed by atoms with E-state index in [2.05, 4.69) is 18.9 Å². The van der Waals surface area contributed by atoms with Gasteiger partial charge in [0.2, 0.25) is 0 Å². The van der Waals surface area contributed by atoms with Gasteiger partial charge in [-0.15, -0.1) is 0 Å². The van der Waals surface area contributed by atoms with Crippen molar-refractivity contribution in [1.82, 2.24) is 14.7 Å². The number of hydrogen-bond acceptors (Lipinski definition) is 3. The van der Waals surface area contributed by atoms with Gasteiger partial charge in [-0.1, -0.05) is 19.1 Å². The summed E-state index contributed by atoms with van der Waals surface area (Å²) in [5.74, 6) is 0.0162. The highest BCUT2D eigenvalue weighted by Gasteiger charge is 2.11. The molecule has 0 aliphatic carbocycles. The molecule has 0 fully saturated rings. The molecule has 0 saturated carbocycles. The van der Waals surface area contributed by atoms with Gasteiger partial charge < -0.3 is 4.90 Å². The third-order valence-electron chi connectivity index (χ3n) is 3.27. The maximum Gasteiger partial charge on any atom is 0.187 e. The number of rotatable bonds is 5. The summed E-state index contributed by atoms with van der Waals surface area (Å²) < 4.78 is 1.96. The Labute approximate surface area is 119 Å². The van der Waals surface area contributed by atoms with Gasteiger partial charge in [-0.2, -0.15) is 5.10 Å². The lowest BCUT2D eigenvalue weighted by Gasteiger charge is -2.03. The highest BCUT2D eigenvalue weighted by molar-refractivity contribution is 6.06. The first-order valence-electron chi connectivity index (χ1n) is 6.95. The lowest BCUT2D eigenvalue weighted by molar-refractivity contribution is 0.104. The van der Waals surface area contributed by atoms with Gasteiger partial charge in [-0.3, -0.25) is 9.48 Å². The molecule has 0 amide bonds. The van der Waals surface area contributed by atoms with Gasteiger partial charge in [0.05, 0.1) is 11.2 Å². The minimum absolute atomic E-state index is 0.0162. The topological polar surface area (TPSA) is 38.1 Å². The Hall–Kier alpha value is -2.10. The van der Waals surface area contributed by atoms with E-state index in [1.54, 1.807) is 12.3 Å². The Balaban J connectivity index is 2.45. The molecule has 0 spiro atoms. The standard InChI is InChI=1S/C16H21N3O/c1-5-14-13-8-7-12(16(20)9-10-18(3)4)11-15(13)19(6-2)17-14/h7-11H,5-6H2,1-4H3. The summed E-state index contributed by atoms with van der Waals surface area (Å²) in [5, 5.41) is 5.72. The number of fused-ring (bicyclic) bond motifs is 1. The molecular weight excluding hydrogens is 250 g/mol. The maximum atomic E-state index is 12.1. The van der Waals surface area contributed by atoms with Crippen LogP contribution in [0.4, 0.5) is 0 Å². The zero-order valence-corrected chi connectivity index (χ0v) is 12.6. The SMILES string of the molecule is CCc1nn(CC)c2cc(C(=O)C=CN(C)C)ccc12. The molecule has 4 heteroatoms.